The Bertz CT molecular complexity index is 712. The molecule has 0 aliphatic carbocycles. The molecule has 1 N–H and O–H groups in total. The molecule has 1 fully saturated rings. The van der Waals surface area contributed by atoms with Gasteiger partial charge in [0.25, 0.3) is 5.91 Å². The average Bonchev–Trinajstić information content (AvgIpc) is 3.15. The minimum Gasteiger partial charge on any atom is -0.370 e. The molecule has 3 heterocycles. The van der Waals surface area contributed by atoms with Crippen LogP contribution >= 0.6 is 0 Å². The number of ether oxygens (including phenoxy) is 1. The molecule has 1 aliphatic rings. The fourth-order valence-corrected chi connectivity index (χ4v) is 2.91. The topological polar surface area (TPSA) is 81.9 Å². The van der Waals surface area contributed by atoms with Gasteiger partial charge in [-0.25, -0.2) is 0 Å². The largest absolute Gasteiger partial charge is 0.370 e. The van der Waals surface area contributed by atoms with Crippen molar-refractivity contribution in [2.24, 2.45) is 7.05 Å². The molecule has 0 unspecified atom stereocenters. The second-order valence-corrected chi connectivity index (χ2v) is 5.74. The first-order chi connectivity index (χ1) is 11.1. The van der Waals surface area contributed by atoms with Crippen LogP contribution < -0.4 is 5.32 Å². The van der Waals surface area contributed by atoms with E-state index in [0.29, 0.717) is 24.3 Å². The van der Waals surface area contributed by atoms with Crippen LogP contribution in [0.2, 0.25) is 0 Å². The second kappa shape index (κ2) is 6.45. The zero-order chi connectivity index (χ0) is 16.4. The molecule has 0 aromatic carbocycles. The second-order valence-electron chi connectivity index (χ2n) is 5.74. The Kier molecular flexibility index (Phi) is 4.38. The zero-order valence-electron chi connectivity index (χ0n) is 13.6. The molecule has 122 valence electrons. The molecular weight excluding hydrogens is 294 g/mol. The minimum atomic E-state index is -0.174. The third-order valence-electron chi connectivity index (χ3n) is 4.13. The fourth-order valence-electron chi connectivity index (χ4n) is 2.91. The molecule has 1 saturated heterocycles. The Labute approximate surface area is 135 Å². The van der Waals surface area contributed by atoms with Gasteiger partial charge in [-0.1, -0.05) is 6.92 Å². The highest BCUT2D eigenvalue weighted by Gasteiger charge is 2.33. The lowest BCUT2D eigenvalue weighted by Gasteiger charge is -2.20. The van der Waals surface area contributed by atoms with Crippen molar-refractivity contribution >= 4 is 5.91 Å². The molecule has 1 aliphatic heterocycles. The van der Waals surface area contributed by atoms with E-state index in [4.69, 9.17) is 4.74 Å². The van der Waals surface area contributed by atoms with Crippen molar-refractivity contribution < 1.29 is 9.53 Å². The maximum Gasteiger partial charge on any atom is 0.253 e. The molecule has 0 saturated carbocycles. The Morgan fingerprint density at radius 3 is 3.00 bits per heavy atom. The number of amides is 1. The summed E-state index contributed by atoms with van der Waals surface area (Å²) in [4.78, 5) is 12.7. The number of nitrogens with one attached hydrogen (secondary N) is 1. The SMILES string of the molecule is CCc1nnc(C)cc1C(=O)N[C@H]1CCO[C@@H]1c1ccnn1C. The van der Waals surface area contributed by atoms with Crippen molar-refractivity contribution in [1.29, 1.82) is 0 Å². The molecule has 7 nitrogen and oxygen atoms in total. The van der Waals surface area contributed by atoms with Gasteiger partial charge >= 0.3 is 0 Å². The van der Waals surface area contributed by atoms with Crippen molar-refractivity contribution in [3.63, 3.8) is 0 Å². The van der Waals surface area contributed by atoms with E-state index in [-0.39, 0.29) is 18.1 Å². The van der Waals surface area contributed by atoms with E-state index in [2.05, 4.69) is 20.6 Å². The van der Waals surface area contributed by atoms with Gasteiger partial charge in [-0.15, -0.1) is 0 Å². The highest BCUT2D eigenvalue weighted by molar-refractivity contribution is 5.95. The van der Waals surface area contributed by atoms with Crippen LogP contribution in [0.4, 0.5) is 0 Å². The zero-order valence-corrected chi connectivity index (χ0v) is 13.6. The molecular formula is C16H21N5O2. The van der Waals surface area contributed by atoms with Crippen LogP contribution in [0.15, 0.2) is 18.3 Å². The van der Waals surface area contributed by atoms with Gasteiger partial charge in [-0.05, 0) is 31.9 Å². The summed E-state index contributed by atoms with van der Waals surface area (Å²) in [6.07, 6.45) is 3.01. The predicted octanol–water partition coefficient (Wildman–Crippen LogP) is 1.34. The van der Waals surface area contributed by atoms with Crippen LogP contribution in [-0.4, -0.2) is 38.5 Å². The summed E-state index contributed by atoms with van der Waals surface area (Å²) in [5.41, 5.74) is 3.01. The molecule has 2 aromatic heterocycles. The third kappa shape index (κ3) is 3.10. The normalized spacial score (nSPS) is 20.7. The summed E-state index contributed by atoms with van der Waals surface area (Å²) in [5, 5.41) is 15.4. The molecule has 7 heteroatoms. The monoisotopic (exact) mass is 315 g/mol. The highest BCUT2D eigenvalue weighted by atomic mass is 16.5. The molecule has 0 spiro atoms. The molecule has 3 rings (SSSR count). The number of aromatic nitrogens is 4. The van der Waals surface area contributed by atoms with E-state index in [0.717, 1.165) is 17.8 Å². The van der Waals surface area contributed by atoms with Crippen LogP contribution in [0.5, 0.6) is 0 Å². The minimum absolute atomic E-state index is 0.0731. The number of rotatable bonds is 4. The number of hydrogen-bond donors (Lipinski definition) is 1. The first-order valence-corrected chi connectivity index (χ1v) is 7.83. The van der Waals surface area contributed by atoms with Gasteiger partial charge in [0.2, 0.25) is 0 Å². The molecule has 23 heavy (non-hydrogen) atoms. The lowest BCUT2D eigenvalue weighted by atomic mass is 10.1. The molecule has 2 atom stereocenters. The first kappa shape index (κ1) is 15.6. The van der Waals surface area contributed by atoms with Crippen LogP contribution in [0, 0.1) is 6.92 Å². The fraction of sp³-hybridized carbons (Fsp3) is 0.500. The van der Waals surface area contributed by atoms with E-state index in [1.807, 2.05) is 27.0 Å². The van der Waals surface area contributed by atoms with E-state index in [1.165, 1.54) is 0 Å². The average molecular weight is 315 g/mol. The molecule has 2 aromatic rings. The van der Waals surface area contributed by atoms with Crippen molar-refractivity contribution in [2.75, 3.05) is 6.61 Å². The smallest absolute Gasteiger partial charge is 0.253 e. The predicted molar refractivity (Wildman–Crippen MR) is 83.9 cm³/mol. The van der Waals surface area contributed by atoms with Gasteiger partial charge in [-0.2, -0.15) is 15.3 Å². The van der Waals surface area contributed by atoms with Crippen LogP contribution in [0.25, 0.3) is 0 Å². The van der Waals surface area contributed by atoms with Gasteiger partial charge in [-0.3, -0.25) is 9.48 Å². The van der Waals surface area contributed by atoms with Crippen LogP contribution in [0.3, 0.4) is 0 Å². The highest BCUT2D eigenvalue weighted by Crippen LogP contribution is 2.29. The maximum atomic E-state index is 12.7. The van der Waals surface area contributed by atoms with E-state index < -0.39 is 0 Å². The number of nitrogens with zero attached hydrogens (tertiary/aromatic N) is 4. The number of hydrogen-bond acceptors (Lipinski definition) is 5. The third-order valence-corrected chi connectivity index (χ3v) is 4.13. The van der Waals surface area contributed by atoms with Gasteiger partial charge < -0.3 is 10.1 Å². The van der Waals surface area contributed by atoms with Gasteiger partial charge in [0.05, 0.1) is 28.7 Å². The van der Waals surface area contributed by atoms with Crippen molar-refractivity contribution in [1.82, 2.24) is 25.3 Å². The van der Waals surface area contributed by atoms with Crippen LogP contribution in [0.1, 0.15) is 46.9 Å². The van der Waals surface area contributed by atoms with E-state index in [9.17, 15) is 4.79 Å². The van der Waals surface area contributed by atoms with Gasteiger partial charge in [0.1, 0.15) is 6.10 Å². The van der Waals surface area contributed by atoms with E-state index in [1.54, 1.807) is 16.9 Å². The first-order valence-electron chi connectivity index (χ1n) is 7.83. The quantitative estimate of drug-likeness (QED) is 0.921. The lowest BCUT2D eigenvalue weighted by Crippen LogP contribution is -2.38. The van der Waals surface area contributed by atoms with E-state index >= 15 is 0 Å². The maximum absolute atomic E-state index is 12.7. The van der Waals surface area contributed by atoms with Crippen molar-refractivity contribution in [3.05, 3.63) is 41.0 Å². The summed E-state index contributed by atoms with van der Waals surface area (Å²) in [6, 6.07) is 3.64. The van der Waals surface area contributed by atoms with Gasteiger partial charge in [0, 0.05) is 19.9 Å². The molecule has 1 amide bonds. The lowest BCUT2D eigenvalue weighted by molar-refractivity contribution is 0.0791. The summed E-state index contributed by atoms with van der Waals surface area (Å²) in [5.74, 6) is -0.123. The summed E-state index contributed by atoms with van der Waals surface area (Å²) < 4.78 is 7.59. The standard InChI is InChI=1S/C16H21N5O2/c1-4-12-11(9-10(2)19-20-12)16(22)18-13-6-8-23-15(13)14-5-7-17-21(14)3/h5,7,9,13,15H,4,6,8H2,1-3H3,(H,18,22)/t13-,15-/m0/s1. The number of carbonyl (C=O) groups excluding carboxylic acids is 1. The Morgan fingerprint density at radius 2 is 2.30 bits per heavy atom. The number of carbonyl (C=O) groups is 1. The van der Waals surface area contributed by atoms with Gasteiger partial charge in [0.15, 0.2) is 0 Å². The Balaban J connectivity index is 1.80. The Morgan fingerprint density at radius 1 is 1.48 bits per heavy atom. The summed E-state index contributed by atoms with van der Waals surface area (Å²) in [6.45, 7) is 4.42. The Hall–Kier alpha value is -2.28. The van der Waals surface area contributed by atoms with Crippen LogP contribution in [-0.2, 0) is 18.2 Å². The molecule has 0 radical (unpaired) electrons. The summed E-state index contributed by atoms with van der Waals surface area (Å²) >= 11 is 0. The molecule has 0 bridgehead atoms. The number of aryl methyl sites for hydroxylation is 3. The van der Waals surface area contributed by atoms with Crippen molar-refractivity contribution in [2.45, 2.75) is 38.8 Å². The van der Waals surface area contributed by atoms with Crippen molar-refractivity contribution in [3.8, 4) is 0 Å². The summed E-state index contributed by atoms with van der Waals surface area (Å²) in [7, 11) is 1.88.